The van der Waals surface area contributed by atoms with Gasteiger partial charge in [-0.3, -0.25) is 4.79 Å². The highest BCUT2D eigenvalue weighted by Gasteiger charge is 2.10. The van der Waals surface area contributed by atoms with Crippen LogP contribution in [0.3, 0.4) is 0 Å². The number of aromatic nitrogens is 4. The number of thiophene rings is 1. The monoisotopic (exact) mass is 391 g/mol. The molecule has 3 heterocycles. The number of carbonyl (C=O) groups excluding carboxylic acids is 1. The van der Waals surface area contributed by atoms with Gasteiger partial charge in [-0.05, 0) is 35.7 Å². The summed E-state index contributed by atoms with van der Waals surface area (Å²) in [5.74, 6) is 1.03. The molecule has 0 fully saturated rings. The van der Waals surface area contributed by atoms with E-state index in [9.17, 15) is 4.79 Å². The van der Waals surface area contributed by atoms with Crippen LogP contribution >= 0.6 is 11.3 Å². The summed E-state index contributed by atoms with van der Waals surface area (Å²) in [6, 6.07) is 13.3. The third-order valence-corrected chi connectivity index (χ3v) is 4.80. The third kappa shape index (κ3) is 3.77. The Morgan fingerprint density at radius 2 is 2.11 bits per heavy atom. The molecule has 0 spiro atoms. The standard InChI is InChI=1S/C20H17N5O2S/c1-27-17-5-3-2-4-14(17)6-9-20(26)21-12-19-23-22-18-8-7-16(24-25(18)19)15-10-11-28-13-15/h2-11,13H,12H2,1H3,(H,21,26). The summed E-state index contributed by atoms with van der Waals surface area (Å²) in [5, 5.41) is 19.7. The van der Waals surface area contributed by atoms with Crippen molar-refractivity contribution in [3.05, 3.63) is 70.7 Å². The van der Waals surface area contributed by atoms with Crippen LogP contribution in [0.5, 0.6) is 5.75 Å². The Morgan fingerprint density at radius 1 is 1.21 bits per heavy atom. The minimum absolute atomic E-state index is 0.219. The van der Waals surface area contributed by atoms with E-state index in [0.29, 0.717) is 17.2 Å². The van der Waals surface area contributed by atoms with Crippen molar-refractivity contribution >= 4 is 29.0 Å². The lowest BCUT2D eigenvalue weighted by atomic mass is 10.2. The van der Waals surface area contributed by atoms with Crippen molar-refractivity contribution in [2.75, 3.05) is 7.11 Å². The zero-order valence-corrected chi connectivity index (χ0v) is 15.9. The first-order chi connectivity index (χ1) is 13.7. The maximum atomic E-state index is 12.2. The topological polar surface area (TPSA) is 81.4 Å². The van der Waals surface area contributed by atoms with E-state index < -0.39 is 0 Å². The highest BCUT2D eigenvalue weighted by Crippen LogP contribution is 2.20. The molecule has 1 amide bonds. The molecule has 28 heavy (non-hydrogen) atoms. The van der Waals surface area contributed by atoms with Gasteiger partial charge in [-0.25, -0.2) is 0 Å². The fraction of sp³-hybridized carbons (Fsp3) is 0.100. The zero-order valence-electron chi connectivity index (χ0n) is 15.1. The Balaban J connectivity index is 1.47. The fourth-order valence-corrected chi connectivity index (χ4v) is 3.35. The number of carbonyl (C=O) groups is 1. The Bertz CT molecular complexity index is 1130. The maximum absolute atomic E-state index is 12.2. The number of para-hydroxylation sites is 1. The second kappa shape index (κ2) is 8.01. The van der Waals surface area contributed by atoms with Gasteiger partial charge in [0.2, 0.25) is 5.91 Å². The van der Waals surface area contributed by atoms with Crippen molar-refractivity contribution in [3.63, 3.8) is 0 Å². The van der Waals surface area contributed by atoms with E-state index in [2.05, 4.69) is 20.6 Å². The van der Waals surface area contributed by atoms with Crippen LogP contribution in [0.25, 0.3) is 23.0 Å². The van der Waals surface area contributed by atoms with Crippen LogP contribution in [-0.2, 0) is 11.3 Å². The summed E-state index contributed by atoms with van der Waals surface area (Å²) in [6.07, 6.45) is 3.17. The number of nitrogens with one attached hydrogen (secondary N) is 1. The molecule has 0 atom stereocenters. The van der Waals surface area contributed by atoms with Crippen LogP contribution in [0.15, 0.2) is 59.3 Å². The van der Waals surface area contributed by atoms with Crippen molar-refractivity contribution < 1.29 is 9.53 Å². The van der Waals surface area contributed by atoms with Crippen LogP contribution in [0, 0.1) is 0 Å². The average Bonchev–Trinajstić information content (AvgIpc) is 3.40. The number of hydrogen-bond acceptors (Lipinski definition) is 6. The van der Waals surface area contributed by atoms with E-state index in [1.54, 1.807) is 29.0 Å². The second-order valence-electron chi connectivity index (χ2n) is 5.91. The van der Waals surface area contributed by atoms with E-state index in [-0.39, 0.29) is 12.5 Å². The van der Waals surface area contributed by atoms with Gasteiger partial charge in [0.05, 0.1) is 19.3 Å². The molecule has 0 unspecified atom stereocenters. The quantitative estimate of drug-likeness (QED) is 0.511. The number of nitrogens with zero attached hydrogens (tertiary/aromatic N) is 4. The predicted molar refractivity (Wildman–Crippen MR) is 108 cm³/mol. The third-order valence-electron chi connectivity index (χ3n) is 4.12. The molecular formula is C20H17N5O2S. The minimum Gasteiger partial charge on any atom is -0.496 e. The highest BCUT2D eigenvalue weighted by molar-refractivity contribution is 7.08. The van der Waals surface area contributed by atoms with Crippen molar-refractivity contribution in [2.24, 2.45) is 0 Å². The molecule has 0 saturated carbocycles. The normalized spacial score (nSPS) is 11.2. The summed E-state index contributed by atoms with van der Waals surface area (Å²) in [6.45, 7) is 0.219. The first-order valence-electron chi connectivity index (χ1n) is 8.57. The maximum Gasteiger partial charge on any atom is 0.244 e. The van der Waals surface area contributed by atoms with Crippen LogP contribution in [0.2, 0.25) is 0 Å². The molecule has 1 aromatic carbocycles. The molecule has 0 aliphatic heterocycles. The van der Waals surface area contributed by atoms with Gasteiger partial charge in [0.25, 0.3) is 0 Å². The molecule has 7 nitrogen and oxygen atoms in total. The number of methoxy groups -OCH3 is 1. The van der Waals surface area contributed by atoms with Crippen LogP contribution in [0.1, 0.15) is 11.4 Å². The highest BCUT2D eigenvalue weighted by atomic mass is 32.1. The average molecular weight is 391 g/mol. The molecule has 4 rings (SSSR count). The van der Waals surface area contributed by atoms with Crippen LogP contribution in [0.4, 0.5) is 0 Å². The lowest BCUT2D eigenvalue weighted by Gasteiger charge is -2.04. The summed E-state index contributed by atoms with van der Waals surface area (Å²) in [7, 11) is 1.60. The summed E-state index contributed by atoms with van der Waals surface area (Å²) < 4.78 is 6.92. The van der Waals surface area contributed by atoms with Gasteiger partial charge in [-0.1, -0.05) is 18.2 Å². The van der Waals surface area contributed by atoms with Gasteiger partial charge in [0.15, 0.2) is 11.5 Å². The van der Waals surface area contributed by atoms with Gasteiger partial charge in [-0.15, -0.1) is 10.2 Å². The molecule has 0 radical (unpaired) electrons. The van der Waals surface area contributed by atoms with Gasteiger partial charge >= 0.3 is 0 Å². The van der Waals surface area contributed by atoms with E-state index in [4.69, 9.17) is 4.74 Å². The fourth-order valence-electron chi connectivity index (χ4n) is 2.70. The SMILES string of the molecule is COc1ccccc1C=CC(=O)NCc1nnc2ccc(-c3ccsc3)nn12. The Kier molecular flexibility index (Phi) is 5.11. The summed E-state index contributed by atoms with van der Waals surface area (Å²) in [4.78, 5) is 12.2. The molecule has 0 bridgehead atoms. The van der Waals surface area contributed by atoms with Crippen LogP contribution in [-0.4, -0.2) is 32.8 Å². The van der Waals surface area contributed by atoms with E-state index >= 15 is 0 Å². The molecular weight excluding hydrogens is 374 g/mol. The number of amides is 1. The second-order valence-corrected chi connectivity index (χ2v) is 6.69. The lowest BCUT2D eigenvalue weighted by Crippen LogP contribution is -2.22. The molecule has 3 aromatic heterocycles. The molecule has 8 heteroatoms. The number of benzene rings is 1. The largest absolute Gasteiger partial charge is 0.496 e. The number of rotatable bonds is 6. The van der Waals surface area contributed by atoms with Gasteiger partial charge in [0.1, 0.15) is 5.75 Å². The molecule has 0 aliphatic carbocycles. The minimum atomic E-state index is -0.239. The Hall–Kier alpha value is -3.52. The van der Waals surface area contributed by atoms with E-state index in [0.717, 1.165) is 16.8 Å². The lowest BCUT2D eigenvalue weighted by molar-refractivity contribution is -0.116. The summed E-state index contributed by atoms with van der Waals surface area (Å²) >= 11 is 1.61. The summed E-state index contributed by atoms with van der Waals surface area (Å²) in [5.41, 5.74) is 3.33. The molecule has 0 saturated heterocycles. The van der Waals surface area contributed by atoms with Crippen molar-refractivity contribution in [1.82, 2.24) is 25.1 Å². The Morgan fingerprint density at radius 3 is 2.93 bits per heavy atom. The number of fused-ring (bicyclic) bond motifs is 1. The Labute approximate surface area is 165 Å². The predicted octanol–water partition coefficient (Wildman–Crippen LogP) is 3.19. The zero-order chi connectivity index (χ0) is 19.3. The molecule has 0 aliphatic rings. The van der Waals surface area contributed by atoms with Crippen molar-refractivity contribution in [2.45, 2.75) is 6.54 Å². The van der Waals surface area contributed by atoms with Crippen molar-refractivity contribution in [1.29, 1.82) is 0 Å². The first-order valence-corrected chi connectivity index (χ1v) is 9.52. The smallest absolute Gasteiger partial charge is 0.244 e. The first kappa shape index (κ1) is 17.9. The van der Waals surface area contributed by atoms with E-state index in [1.807, 2.05) is 53.2 Å². The van der Waals surface area contributed by atoms with Gasteiger partial charge < -0.3 is 10.1 Å². The molecule has 1 N–H and O–H groups in total. The van der Waals surface area contributed by atoms with E-state index in [1.165, 1.54) is 6.08 Å². The molecule has 4 aromatic rings. The molecule has 140 valence electrons. The number of ether oxygens (including phenoxy) is 1. The van der Waals surface area contributed by atoms with Gasteiger partial charge in [0, 0.05) is 22.6 Å². The van der Waals surface area contributed by atoms with Crippen molar-refractivity contribution in [3.8, 4) is 17.0 Å². The van der Waals surface area contributed by atoms with Crippen LogP contribution < -0.4 is 10.1 Å². The van der Waals surface area contributed by atoms with Gasteiger partial charge in [-0.2, -0.15) is 21.0 Å². The number of hydrogen-bond donors (Lipinski definition) is 1.